The van der Waals surface area contributed by atoms with Gasteiger partial charge in [0.2, 0.25) is 0 Å². The fourth-order valence-corrected chi connectivity index (χ4v) is 1.90. The molecule has 0 saturated heterocycles. The number of nitrogen functional groups attached to an aromatic ring is 1. The van der Waals surface area contributed by atoms with E-state index in [0.29, 0.717) is 16.3 Å². The van der Waals surface area contributed by atoms with E-state index in [2.05, 4.69) is 4.98 Å². The summed E-state index contributed by atoms with van der Waals surface area (Å²) in [6, 6.07) is 6.53. The lowest BCUT2D eigenvalue weighted by atomic mass is 10.2. The van der Waals surface area contributed by atoms with Crippen LogP contribution in [0.4, 0.5) is 5.69 Å². The number of aromatic nitrogens is 1. The summed E-state index contributed by atoms with van der Waals surface area (Å²) < 4.78 is 5.19. The van der Waals surface area contributed by atoms with Crippen LogP contribution in [0.2, 0.25) is 5.02 Å². The number of esters is 1. The Hall–Kier alpha value is -2.07. The maximum Gasteiger partial charge on any atom is 0.338 e. The molecule has 0 amide bonds. The zero-order chi connectivity index (χ0) is 13.8. The molecule has 2 rings (SSSR count). The van der Waals surface area contributed by atoms with Gasteiger partial charge in [-0.25, -0.2) is 4.79 Å². The van der Waals surface area contributed by atoms with Gasteiger partial charge in [-0.2, -0.15) is 0 Å². The third-order valence-corrected chi connectivity index (χ3v) is 2.68. The molecule has 0 atom stereocenters. The van der Waals surface area contributed by atoms with Gasteiger partial charge in [-0.05, 0) is 36.8 Å². The topological polar surface area (TPSA) is 65.2 Å². The quantitative estimate of drug-likeness (QED) is 0.691. The molecule has 0 aliphatic carbocycles. The van der Waals surface area contributed by atoms with Crippen molar-refractivity contribution in [2.45, 2.75) is 13.5 Å². The van der Waals surface area contributed by atoms with Crippen molar-refractivity contribution in [3.63, 3.8) is 0 Å². The van der Waals surface area contributed by atoms with Crippen LogP contribution < -0.4 is 5.73 Å². The van der Waals surface area contributed by atoms with Gasteiger partial charge in [-0.3, -0.25) is 4.98 Å². The zero-order valence-corrected chi connectivity index (χ0v) is 11.1. The standard InChI is InChI=1S/C14H13ClN2O2/c1-9-2-10(7-17-6-9)8-19-14(18)11-3-12(15)5-13(16)4-11/h2-7H,8,16H2,1H3. The Bertz CT molecular complexity index is 594. The molecule has 0 fully saturated rings. The van der Waals surface area contributed by atoms with E-state index in [4.69, 9.17) is 22.1 Å². The molecule has 1 aromatic heterocycles. The van der Waals surface area contributed by atoms with Crippen LogP contribution in [0.15, 0.2) is 36.7 Å². The van der Waals surface area contributed by atoms with Gasteiger partial charge in [0, 0.05) is 28.7 Å². The van der Waals surface area contributed by atoms with Crippen LogP contribution in [0.25, 0.3) is 0 Å². The fourth-order valence-electron chi connectivity index (χ4n) is 1.66. The van der Waals surface area contributed by atoms with Gasteiger partial charge >= 0.3 is 5.97 Å². The Morgan fingerprint density at radius 1 is 1.32 bits per heavy atom. The molecule has 0 spiro atoms. The van der Waals surface area contributed by atoms with Crippen molar-refractivity contribution in [2.75, 3.05) is 5.73 Å². The van der Waals surface area contributed by atoms with Crippen molar-refractivity contribution in [3.8, 4) is 0 Å². The van der Waals surface area contributed by atoms with Gasteiger partial charge in [0.05, 0.1) is 5.56 Å². The van der Waals surface area contributed by atoms with Crippen LogP contribution in [0, 0.1) is 6.92 Å². The number of hydrogen-bond donors (Lipinski definition) is 1. The molecule has 2 aromatic rings. The molecule has 4 nitrogen and oxygen atoms in total. The first-order valence-corrected chi connectivity index (χ1v) is 6.06. The van der Waals surface area contributed by atoms with Crippen LogP contribution >= 0.6 is 11.6 Å². The number of pyridine rings is 1. The Morgan fingerprint density at radius 3 is 2.79 bits per heavy atom. The highest BCUT2D eigenvalue weighted by molar-refractivity contribution is 6.31. The average Bonchev–Trinajstić information content (AvgIpc) is 2.35. The molecule has 1 heterocycles. The van der Waals surface area contributed by atoms with Gasteiger partial charge < -0.3 is 10.5 Å². The minimum Gasteiger partial charge on any atom is -0.457 e. The number of carbonyl (C=O) groups excluding carboxylic acids is 1. The molecule has 0 unspecified atom stereocenters. The number of nitrogens with zero attached hydrogens (tertiary/aromatic N) is 1. The number of benzene rings is 1. The molecule has 0 radical (unpaired) electrons. The van der Waals surface area contributed by atoms with Crippen molar-refractivity contribution < 1.29 is 9.53 Å². The first kappa shape index (κ1) is 13.4. The van der Waals surface area contributed by atoms with Gasteiger partial charge in [0.15, 0.2) is 0 Å². The first-order chi connectivity index (χ1) is 9.04. The molecule has 98 valence electrons. The summed E-state index contributed by atoms with van der Waals surface area (Å²) in [5.74, 6) is -0.462. The van der Waals surface area contributed by atoms with Crippen LogP contribution in [0.1, 0.15) is 21.5 Å². The lowest BCUT2D eigenvalue weighted by molar-refractivity contribution is 0.0472. The lowest BCUT2D eigenvalue weighted by Gasteiger charge is -2.06. The van der Waals surface area contributed by atoms with E-state index in [-0.39, 0.29) is 6.61 Å². The van der Waals surface area contributed by atoms with E-state index < -0.39 is 5.97 Å². The zero-order valence-electron chi connectivity index (χ0n) is 10.4. The highest BCUT2D eigenvalue weighted by atomic mass is 35.5. The third kappa shape index (κ3) is 3.69. The molecule has 19 heavy (non-hydrogen) atoms. The van der Waals surface area contributed by atoms with Gasteiger partial charge in [0.1, 0.15) is 6.61 Å². The van der Waals surface area contributed by atoms with E-state index in [0.717, 1.165) is 11.1 Å². The summed E-state index contributed by atoms with van der Waals surface area (Å²) in [4.78, 5) is 15.9. The van der Waals surface area contributed by atoms with Gasteiger partial charge in [0.25, 0.3) is 0 Å². The normalized spacial score (nSPS) is 10.2. The monoisotopic (exact) mass is 276 g/mol. The second-order valence-corrected chi connectivity index (χ2v) is 4.66. The lowest BCUT2D eigenvalue weighted by Crippen LogP contribution is -2.06. The summed E-state index contributed by atoms with van der Waals surface area (Å²) in [6.07, 6.45) is 3.40. The number of aryl methyl sites for hydroxylation is 1. The number of nitrogens with two attached hydrogens (primary N) is 1. The molecule has 0 bridgehead atoms. The summed E-state index contributed by atoms with van der Waals surface area (Å²) in [5.41, 5.74) is 8.24. The van der Waals surface area contributed by atoms with Crippen molar-refractivity contribution in [2.24, 2.45) is 0 Å². The smallest absolute Gasteiger partial charge is 0.338 e. The number of anilines is 1. The summed E-state index contributed by atoms with van der Waals surface area (Å²) in [5, 5.41) is 0.407. The Kier molecular flexibility index (Phi) is 4.02. The molecular formula is C14H13ClN2O2. The maximum absolute atomic E-state index is 11.9. The minimum atomic E-state index is -0.462. The average molecular weight is 277 g/mol. The second-order valence-electron chi connectivity index (χ2n) is 4.22. The number of halogens is 1. The van der Waals surface area contributed by atoms with E-state index in [1.54, 1.807) is 18.5 Å². The highest BCUT2D eigenvalue weighted by Gasteiger charge is 2.09. The van der Waals surface area contributed by atoms with Crippen molar-refractivity contribution in [3.05, 3.63) is 58.4 Å². The largest absolute Gasteiger partial charge is 0.457 e. The third-order valence-electron chi connectivity index (χ3n) is 2.46. The summed E-state index contributed by atoms with van der Waals surface area (Å²) in [7, 11) is 0. The summed E-state index contributed by atoms with van der Waals surface area (Å²) >= 11 is 5.83. The molecule has 1 aromatic carbocycles. The highest BCUT2D eigenvalue weighted by Crippen LogP contribution is 2.17. The Labute approximate surface area is 116 Å². The van der Waals surface area contributed by atoms with Crippen LogP contribution in [-0.2, 0) is 11.3 Å². The SMILES string of the molecule is Cc1cncc(COC(=O)c2cc(N)cc(Cl)c2)c1. The number of carbonyl (C=O) groups is 1. The van der Waals surface area contributed by atoms with E-state index in [9.17, 15) is 4.79 Å². The van der Waals surface area contributed by atoms with E-state index in [1.807, 2.05) is 13.0 Å². The predicted molar refractivity (Wildman–Crippen MR) is 74.0 cm³/mol. The maximum atomic E-state index is 11.9. The fraction of sp³-hybridized carbons (Fsp3) is 0.143. The minimum absolute atomic E-state index is 0.167. The van der Waals surface area contributed by atoms with Crippen LogP contribution in [0.3, 0.4) is 0 Å². The number of hydrogen-bond acceptors (Lipinski definition) is 4. The van der Waals surface area contributed by atoms with Crippen LogP contribution in [-0.4, -0.2) is 11.0 Å². The molecule has 0 aliphatic rings. The molecule has 2 N–H and O–H groups in total. The van der Waals surface area contributed by atoms with Crippen molar-refractivity contribution in [1.29, 1.82) is 0 Å². The van der Waals surface area contributed by atoms with Gasteiger partial charge in [-0.1, -0.05) is 11.6 Å². The number of ether oxygens (including phenoxy) is 1. The Morgan fingerprint density at radius 2 is 2.11 bits per heavy atom. The van der Waals surface area contributed by atoms with Crippen LogP contribution in [0.5, 0.6) is 0 Å². The van der Waals surface area contributed by atoms with Gasteiger partial charge in [-0.15, -0.1) is 0 Å². The van der Waals surface area contributed by atoms with E-state index in [1.165, 1.54) is 12.1 Å². The second kappa shape index (κ2) is 5.71. The predicted octanol–water partition coefficient (Wildman–Crippen LogP) is 2.98. The molecule has 0 aliphatic heterocycles. The Balaban J connectivity index is 2.05. The molecule has 5 heteroatoms. The number of rotatable bonds is 3. The summed E-state index contributed by atoms with van der Waals surface area (Å²) in [6.45, 7) is 2.09. The first-order valence-electron chi connectivity index (χ1n) is 5.68. The van der Waals surface area contributed by atoms with E-state index >= 15 is 0 Å². The van der Waals surface area contributed by atoms with Crippen molar-refractivity contribution in [1.82, 2.24) is 4.98 Å². The molecule has 0 saturated carbocycles. The molecular weight excluding hydrogens is 264 g/mol. The van der Waals surface area contributed by atoms with Crippen molar-refractivity contribution >= 4 is 23.3 Å².